The van der Waals surface area contributed by atoms with Gasteiger partial charge in [-0.15, -0.1) is 0 Å². The standard InChI is InChI=1S/C19H25N5O3/c25-18-15-3-1-2-4-16(15)21-17(22-18)13-20-19(26)24-9-7-23(8-10-24)14-5-11-27-12-6-14/h1-4,14H,5-13H2,(H,20,26)(H,21,22,25). The number of aromatic nitrogens is 2. The highest BCUT2D eigenvalue weighted by Gasteiger charge is 2.27. The second-order valence-corrected chi connectivity index (χ2v) is 7.06. The van der Waals surface area contributed by atoms with E-state index in [4.69, 9.17) is 4.74 Å². The average molecular weight is 371 g/mol. The minimum Gasteiger partial charge on any atom is -0.381 e. The van der Waals surface area contributed by atoms with Crippen molar-refractivity contribution in [3.05, 3.63) is 40.4 Å². The van der Waals surface area contributed by atoms with Gasteiger partial charge in [-0.1, -0.05) is 12.1 Å². The molecule has 8 heteroatoms. The number of fused-ring (bicyclic) bond motifs is 1. The first kappa shape index (κ1) is 17.9. The monoisotopic (exact) mass is 371 g/mol. The average Bonchev–Trinajstić information content (AvgIpc) is 2.73. The lowest BCUT2D eigenvalue weighted by Gasteiger charge is -2.40. The van der Waals surface area contributed by atoms with Gasteiger partial charge in [0.1, 0.15) is 5.82 Å². The summed E-state index contributed by atoms with van der Waals surface area (Å²) >= 11 is 0. The summed E-state index contributed by atoms with van der Waals surface area (Å²) in [6.45, 7) is 5.09. The number of nitrogens with zero attached hydrogens (tertiary/aromatic N) is 3. The largest absolute Gasteiger partial charge is 0.381 e. The molecule has 8 nitrogen and oxygen atoms in total. The van der Waals surface area contributed by atoms with Crippen molar-refractivity contribution >= 4 is 16.9 Å². The summed E-state index contributed by atoms with van der Waals surface area (Å²) in [4.78, 5) is 36.0. The number of carbonyl (C=O) groups excluding carboxylic acids is 1. The van der Waals surface area contributed by atoms with Crippen molar-refractivity contribution in [1.29, 1.82) is 0 Å². The van der Waals surface area contributed by atoms with Gasteiger partial charge in [-0.3, -0.25) is 9.69 Å². The number of aromatic amines is 1. The fourth-order valence-electron chi connectivity index (χ4n) is 3.83. The highest BCUT2D eigenvalue weighted by atomic mass is 16.5. The van der Waals surface area contributed by atoms with Gasteiger partial charge >= 0.3 is 6.03 Å². The lowest BCUT2D eigenvalue weighted by atomic mass is 10.1. The van der Waals surface area contributed by atoms with Crippen LogP contribution in [-0.2, 0) is 11.3 Å². The van der Waals surface area contributed by atoms with E-state index in [1.165, 1.54) is 0 Å². The van der Waals surface area contributed by atoms with Crippen LogP contribution in [0, 0.1) is 0 Å². The Balaban J connectivity index is 1.30. The molecule has 0 radical (unpaired) electrons. The number of hydrogen-bond donors (Lipinski definition) is 2. The molecule has 0 saturated carbocycles. The Labute approximate surface area is 157 Å². The van der Waals surface area contributed by atoms with Crippen LogP contribution in [0.3, 0.4) is 0 Å². The molecule has 0 aliphatic carbocycles. The first-order chi connectivity index (χ1) is 13.2. The lowest BCUT2D eigenvalue weighted by molar-refractivity contribution is 0.0187. The molecular formula is C19H25N5O3. The number of amides is 2. The molecule has 2 saturated heterocycles. The van der Waals surface area contributed by atoms with Crippen LogP contribution in [0.2, 0.25) is 0 Å². The van der Waals surface area contributed by atoms with E-state index in [-0.39, 0.29) is 18.1 Å². The molecule has 2 aliphatic heterocycles. The summed E-state index contributed by atoms with van der Waals surface area (Å²) in [5.41, 5.74) is 0.450. The van der Waals surface area contributed by atoms with Crippen molar-refractivity contribution in [1.82, 2.24) is 25.1 Å². The van der Waals surface area contributed by atoms with Gasteiger partial charge in [-0.25, -0.2) is 9.78 Å². The summed E-state index contributed by atoms with van der Waals surface area (Å²) in [6, 6.07) is 7.65. The molecule has 0 unspecified atom stereocenters. The first-order valence-electron chi connectivity index (χ1n) is 9.53. The second kappa shape index (κ2) is 8.06. The number of piperazine rings is 1. The number of urea groups is 1. The fraction of sp³-hybridized carbons (Fsp3) is 0.526. The molecule has 0 spiro atoms. The molecule has 2 N–H and O–H groups in total. The van der Waals surface area contributed by atoms with Gasteiger partial charge in [0.15, 0.2) is 0 Å². The summed E-state index contributed by atoms with van der Waals surface area (Å²) in [6.07, 6.45) is 2.15. The molecule has 1 aromatic carbocycles. The van der Waals surface area contributed by atoms with Crippen LogP contribution in [-0.4, -0.2) is 71.2 Å². The molecule has 3 heterocycles. The zero-order valence-corrected chi connectivity index (χ0v) is 15.3. The Morgan fingerprint density at radius 3 is 2.70 bits per heavy atom. The highest BCUT2D eigenvalue weighted by Crippen LogP contribution is 2.16. The second-order valence-electron chi connectivity index (χ2n) is 7.06. The maximum atomic E-state index is 12.5. The molecule has 144 valence electrons. The van der Waals surface area contributed by atoms with E-state index in [9.17, 15) is 9.59 Å². The number of carbonyl (C=O) groups is 1. The van der Waals surface area contributed by atoms with Crippen molar-refractivity contribution in [2.24, 2.45) is 0 Å². The van der Waals surface area contributed by atoms with Crippen LogP contribution in [0.5, 0.6) is 0 Å². The minimum absolute atomic E-state index is 0.113. The van der Waals surface area contributed by atoms with Crippen LogP contribution in [0.25, 0.3) is 10.9 Å². The van der Waals surface area contributed by atoms with Crippen molar-refractivity contribution in [2.75, 3.05) is 39.4 Å². The molecule has 27 heavy (non-hydrogen) atoms. The number of hydrogen-bond acceptors (Lipinski definition) is 5. The van der Waals surface area contributed by atoms with E-state index in [2.05, 4.69) is 20.2 Å². The van der Waals surface area contributed by atoms with Gasteiger partial charge in [0.05, 0.1) is 17.4 Å². The van der Waals surface area contributed by atoms with E-state index >= 15 is 0 Å². The van der Waals surface area contributed by atoms with Crippen LogP contribution in [0.15, 0.2) is 29.1 Å². The van der Waals surface area contributed by atoms with Crippen molar-refractivity contribution in [2.45, 2.75) is 25.4 Å². The third kappa shape index (κ3) is 4.12. The maximum Gasteiger partial charge on any atom is 0.317 e. The minimum atomic E-state index is -0.185. The zero-order valence-electron chi connectivity index (χ0n) is 15.3. The smallest absolute Gasteiger partial charge is 0.317 e. The number of rotatable bonds is 3. The Bertz CT molecular complexity index is 854. The maximum absolute atomic E-state index is 12.5. The molecule has 2 fully saturated rings. The van der Waals surface area contributed by atoms with Crippen LogP contribution in [0.4, 0.5) is 4.79 Å². The number of benzene rings is 1. The topological polar surface area (TPSA) is 90.6 Å². The summed E-state index contributed by atoms with van der Waals surface area (Å²) in [7, 11) is 0. The number of para-hydroxylation sites is 1. The van der Waals surface area contributed by atoms with Gasteiger partial charge in [0.25, 0.3) is 5.56 Å². The normalized spacial score (nSPS) is 19.3. The Morgan fingerprint density at radius 2 is 1.93 bits per heavy atom. The van der Waals surface area contributed by atoms with E-state index in [0.717, 1.165) is 39.1 Å². The van der Waals surface area contributed by atoms with Gasteiger partial charge in [0, 0.05) is 45.4 Å². The van der Waals surface area contributed by atoms with Crippen molar-refractivity contribution < 1.29 is 9.53 Å². The molecular weight excluding hydrogens is 346 g/mol. The van der Waals surface area contributed by atoms with Gasteiger partial charge in [-0.2, -0.15) is 0 Å². The van der Waals surface area contributed by atoms with E-state index in [1.807, 2.05) is 11.0 Å². The quantitative estimate of drug-likeness (QED) is 0.838. The Hall–Kier alpha value is -2.45. The van der Waals surface area contributed by atoms with Crippen LogP contribution in [0.1, 0.15) is 18.7 Å². The third-order valence-electron chi connectivity index (χ3n) is 5.38. The van der Waals surface area contributed by atoms with Gasteiger partial charge in [-0.05, 0) is 25.0 Å². The number of ether oxygens (including phenoxy) is 1. The van der Waals surface area contributed by atoms with Crippen molar-refractivity contribution in [3.63, 3.8) is 0 Å². The SMILES string of the molecule is O=C(NCc1nc2ccccc2c(=O)[nH]1)N1CCN(C2CCOCC2)CC1. The van der Waals surface area contributed by atoms with Gasteiger partial charge in [0.2, 0.25) is 0 Å². The molecule has 2 amide bonds. The molecule has 0 atom stereocenters. The molecule has 2 aliphatic rings. The predicted octanol–water partition coefficient (Wildman–Crippen LogP) is 0.929. The highest BCUT2D eigenvalue weighted by molar-refractivity contribution is 5.77. The fourth-order valence-corrected chi connectivity index (χ4v) is 3.83. The van der Waals surface area contributed by atoms with Gasteiger partial charge < -0.3 is 19.9 Å². The summed E-state index contributed by atoms with van der Waals surface area (Å²) in [5, 5.41) is 3.42. The molecule has 0 bridgehead atoms. The first-order valence-corrected chi connectivity index (χ1v) is 9.53. The lowest BCUT2D eigenvalue weighted by Crippen LogP contribution is -2.54. The van der Waals surface area contributed by atoms with Crippen molar-refractivity contribution in [3.8, 4) is 0 Å². The van der Waals surface area contributed by atoms with E-state index in [0.29, 0.717) is 35.9 Å². The summed E-state index contributed by atoms with van der Waals surface area (Å²) in [5.74, 6) is 0.466. The predicted molar refractivity (Wildman–Crippen MR) is 102 cm³/mol. The molecule has 2 aromatic rings. The third-order valence-corrected chi connectivity index (χ3v) is 5.38. The zero-order chi connectivity index (χ0) is 18.6. The Kier molecular flexibility index (Phi) is 5.35. The number of H-pyrrole nitrogens is 1. The Morgan fingerprint density at radius 1 is 1.19 bits per heavy atom. The summed E-state index contributed by atoms with van der Waals surface area (Å²) < 4.78 is 5.43. The van der Waals surface area contributed by atoms with Crippen LogP contribution >= 0.6 is 0 Å². The molecule has 4 rings (SSSR count). The number of nitrogens with one attached hydrogen (secondary N) is 2. The molecule has 1 aromatic heterocycles. The van der Waals surface area contributed by atoms with Crippen LogP contribution < -0.4 is 10.9 Å². The van der Waals surface area contributed by atoms with E-state index in [1.54, 1.807) is 18.2 Å². The van der Waals surface area contributed by atoms with E-state index < -0.39 is 0 Å².